The van der Waals surface area contributed by atoms with Gasteiger partial charge in [0, 0.05) is 38.8 Å². The van der Waals surface area contributed by atoms with Crippen LogP contribution in [0.4, 0.5) is 0 Å². The van der Waals surface area contributed by atoms with Crippen molar-refractivity contribution in [1.29, 1.82) is 0 Å². The number of nitrogens with zero attached hydrogens (tertiary/aromatic N) is 1. The molecule has 5 nitrogen and oxygen atoms in total. The number of benzene rings is 1. The molecule has 1 aliphatic carbocycles. The molecular formula is C22H35N3O2. The number of hydrogen-bond acceptors (Lipinski definition) is 3. The summed E-state index contributed by atoms with van der Waals surface area (Å²) < 4.78 is 5.57. The molecule has 2 fully saturated rings. The number of ether oxygens (including phenoxy) is 1. The fraction of sp³-hybridized carbons (Fsp3) is 0.682. The number of aliphatic hydroxyl groups excluding tert-OH is 1. The number of rotatable bonds is 7. The predicted molar refractivity (Wildman–Crippen MR) is 110 cm³/mol. The van der Waals surface area contributed by atoms with Crippen molar-refractivity contribution in [1.82, 2.24) is 10.6 Å². The maximum atomic E-state index is 9.36. The fourth-order valence-corrected chi connectivity index (χ4v) is 4.47. The summed E-state index contributed by atoms with van der Waals surface area (Å²) in [6.07, 6.45) is 6.87. The second kappa shape index (κ2) is 10.1. The van der Waals surface area contributed by atoms with Crippen molar-refractivity contribution in [2.75, 3.05) is 40.0 Å². The Morgan fingerprint density at radius 3 is 2.59 bits per heavy atom. The van der Waals surface area contributed by atoms with Crippen LogP contribution in [0.2, 0.25) is 0 Å². The molecule has 27 heavy (non-hydrogen) atoms. The summed E-state index contributed by atoms with van der Waals surface area (Å²) in [5.41, 5.74) is 1.54. The lowest BCUT2D eigenvalue weighted by Crippen LogP contribution is -2.45. The van der Waals surface area contributed by atoms with E-state index in [-0.39, 0.29) is 12.0 Å². The average molecular weight is 374 g/mol. The van der Waals surface area contributed by atoms with Gasteiger partial charge in [0.1, 0.15) is 0 Å². The van der Waals surface area contributed by atoms with Gasteiger partial charge in [-0.3, -0.25) is 4.99 Å². The van der Waals surface area contributed by atoms with Gasteiger partial charge in [-0.25, -0.2) is 0 Å². The largest absolute Gasteiger partial charge is 0.396 e. The first-order valence-corrected chi connectivity index (χ1v) is 10.4. The van der Waals surface area contributed by atoms with E-state index < -0.39 is 0 Å². The third-order valence-electron chi connectivity index (χ3n) is 6.36. The summed E-state index contributed by atoms with van der Waals surface area (Å²) in [6, 6.07) is 10.9. The molecule has 1 atom stereocenters. The van der Waals surface area contributed by atoms with E-state index in [1.807, 2.05) is 7.05 Å². The lowest BCUT2D eigenvalue weighted by molar-refractivity contribution is 0.127. The normalized spacial score (nSPS) is 28.9. The minimum atomic E-state index is 0.0418. The summed E-state index contributed by atoms with van der Waals surface area (Å²) >= 11 is 0. The highest BCUT2D eigenvalue weighted by Gasteiger charge is 2.34. The first-order valence-electron chi connectivity index (χ1n) is 10.4. The van der Waals surface area contributed by atoms with E-state index in [9.17, 15) is 5.11 Å². The predicted octanol–water partition coefficient (Wildman–Crippen LogP) is 2.91. The van der Waals surface area contributed by atoms with E-state index in [4.69, 9.17) is 4.74 Å². The van der Waals surface area contributed by atoms with Gasteiger partial charge < -0.3 is 20.5 Å². The summed E-state index contributed by atoms with van der Waals surface area (Å²) in [5, 5.41) is 16.3. The Morgan fingerprint density at radius 2 is 1.96 bits per heavy atom. The molecule has 1 saturated heterocycles. The van der Waals surface area contributed by atoms with Crippen molar-refractivity contribution in [3.05, 3.63) is 35.9 Å². The van der Waals surface area contributed by atoms with Gasteiger partial charge in [-0.15, -0.1) is 0 Å². The van der Waals surface area contributed by atoms with Crippen LogP contribution < -0.4 is 10.6 Å². The Morgan fingerprint density at radius 1 is 1.19 bits per heavy atom. The highest BCUT2D eigenvalue weighted by Crippen LogP contribution is 2.35. The van der Waals surface area contributed by atoms with Crippen LogP contribution in [0.15, 0.2) is 35.3 Å². The molecule has 3 rings (SSSR count). The van der Waals surface area contributed by atoms with E-state index in [0.29, 0.717) is 5.92 Å². The zero-order chi connectivity index (χ0) is 19.0. The van der Waals surface area contributed by atoms with Crippen molar-refractivity contribution in [2.24, 2.45) is 16.3 Å². The van der Waals surface area contributed by atoms with Gasteiger partial charge in [0.25, 0.3) is 0 Å². The molecule has 1 aromatic carbocycles. The number of aliphatic hydroxyl groups is 1. The minimum absolute atomic E-state index is 0.0418. The fourth-order valence-electron chi connectivity index (χ4n) is 4.47. The maximum Gasteiger partial charge on any atom is 0.191 e. The van der Waals surface area contributed by atoms with Gasteiger partial charge in [-0.1, -0.05) is 30.3 Å². The summed E-state index contributed by atoms with van der Waals surface area (Å²) in [4.78, 5) is 4.38. The first kappa shape index (κ1) is 20.2. The lowest BCUT2D eigenvalue weighted by atomic mass is 9.79. The van der Waals surface area contributed by atoms with Crippen LogP contribution in [-0.4, -0.2) is 51.0 Å². The highest BCUT2D eigenvalue weighted by molar-refractivity contribution is 5.79. The Kier molecular flexibility index (Phi) is 7.53. The second-order valence-corrected chi connectivity index (χ2v) is 8.21. The standard InChI is InChI=1S/C22H35N3O2/c1-23-21(25-16-22(11-13-26)12-14-27-17-22)24-15-18-7-9-20(10-8-18)19-5-3-2-4-6-19/h2-6,18,20,26H,7-17H2,1H3,(H2,23,24,25). The summed E-state index contributed by atoms with van der Waals surface area (Å²) in [5.74, 6) is 2.30. The van der Waals surface area contributed by atoms with Gasteiger partial charge in [0.05, 0.1) is 6.61 Å². The van der Waals surface area contributed by atoms with E-state index in [1.165, 1.54) is 31.2 Å². The average Bonchev–Trinajstić information content (AvgIpc) is 3.18. The molecule has 0 spiro atoms. The molecule has 0 amide bonds. The van der Waals surface area contributed by atoms with Crippen molar-refractivity contribution in [3.8, 4) is 0 Å². The Bertz CT molecular complexity index is 576. The minimum Gasteiger partial charge on any atom is -0.396 e. The Balaban J connectivity index is 1.40. The monoisotopic (exact) mass is 373 g/mol. The zero-order valence-electron chi connectivity index (χ0n) is 16.6. The maximum absolute atomic E-state index is 9.36. The highest BCUT2D eigenvalue weighted by atomic mass is 16.5. The third kappa shape index (κ3) is 5.69. The molecule has 2 aliphatic rings. The first-order chi connectivity index (χ1) is 13.2. The SMILES string of the molecule is CN=C(NCC1CCC(c2ccccc2)CC1)NCC1(CCO)CCOC1. The van der Waals surface area contributed by atoms with Crippen LogP contribution in [0.3, 0.4) is 0 Å². The molecular weight excluding hydrogens is 338 g/mol. The molecule has 1 heterocycles. The number of nitrogens with one attached hydrogen (secondary N) is 2. The van der Waals surface area contributed by atoms with Crippen LogP contribution in [-0.2, 0) is 4.74 Å². The van der Waals surface area contributed by atoms with Gasteiger partial charge in [-0.05, 0) is 55.9 Å². The van der Waals surface area contributed by atoms with Crippen molar-refractivity contribution < 1.29 is 9.84 Å². The number of guanidine groups is 1. The molecule has 150 valence electrons. The second-order valence-electron chi connectivity index (χ2n) is 8.21. The molecule has 5 heteroatoms. The quantitative estimate of drug-likeness (QED) is 0.508. The molecule has 3 N–H and O–H groups in total. The molecule has 1 unspecified atom stereocenters. The van der Waals surface area contributed by atoms with Gasteiger partial charge >= 0.3 is 0 Å². The van der Waals surface area contributed by atoms with Gasteiger partial charge in [0.2, 0.25) is 0 Å². The molecule has 0 aromatic heterocycles. The van der Waals surface area contributed by atoms with Gasteiger partial charge in [-0.2, -0.15) is 0 Å². The van der Waals surface area contributed by atoms with E-state index in [1.54, 1.807) is 0 Å². The van der Waals surface area contributed by atoms with Crippen molar-refractivity contribution >= 4 is 5.96 Å². The van der Waals surface area contributed by atoms with Crippen LogP contribution >= 0.6 is 0 Å². The zero-order valence-corrected chi connectivity index (χ0v) is 16.6. The number of hydrogen-bond donors (Lipinski definition) is 3. The van der Waals surface area contributed by atoms with Crippen LogP contribution in [0.25, 0.3) is 0 Å². The Hall–Kier alpha value is -1.59. The molecule has 0 radical (unpaired) electrons. The van der Waals surface area contributed by atoms with Crippen LogP contribution in [0, 0.1) is 11.3 Å². The van der Waals surface area contributed by atoms with E-state index in [0.717, 1.165) is 51.0 Å². The number of aliphatic imine (C=N–C) groups is 1. The molecule has 1 saturated carbocycles. The van der Waals surface area contributed by atoms with Crippen molar-refractivity contribution in [2.45, 2.75) is 44.4 Å². The molecule has 1 aromatic rings. The smallest absolute Gasteiger partial charge is 0.191 e. The van der Waals surface area contributed by atoms with E-state index in [2.05, 4.69) is 46.0 Å². The topological polar surface area (TPSA) is 65.9 Å². The van der Waals surface area contributed by atoms with Crippen LogP contribution in [0.1, 0.15) is 50.0 Å². The summed E-state index contributed by atoms with van der Waals surface area (Å²) in [7, 11) is 1.82. The van der Waals surface area contributed by atoms with Crippen molar-refractivity contribution in [3.63, 3.8) is 0 Å². The van der Waals surface area contributed by atoms with E-state index >= 15 is 0 Å². The van der Waals surface area contributed by atoms with Crippen LogP contribution in [0.5, 0.6) is 0 Å². The molecule has 0 bridgehead atoms. The summed E-state index contributed by atoms with van der Waals surface area (Å²) in [6.45, 7) is 3.50. The molecule has 1 aliphatic heterocycles. The third-order valence-corrected chi connectivity index (χ3v) is 6.36. The lowest BCUT2D eigenvalue weighted by Gasteiger charge is -2.30. The Labute approximate surface area is 163 Å². The van der Waals surface area contributed by atoms with Gasteiger partial charge in [0.15, 0.2) is 5.96 Å².